The Labute approximate surface area is 115 Å². The SMILES string of the molecule is Brc1ccc(Sc2nc3ccccc3s2)nc1. The normalized spacial score (nSPS) is 10.9. The first-order chi connectivity index (χ1) is 8.31. The van der Waals surface area contributed by atoms with E-state index in [0.29, 0.717) is 0 Å². The molecule has 0 aliphatic rings. The van der Waals surface area contributed by atoms with Crippen LogP contribution in [-0.4, -0.2) is 9.97 Å². The minimum atomic E-state index is 0.965. The summed E-state index contributed by atoms with van der Waals surface area (Å²) in [5, 5.41) is 0.965. The van der Waals surface area contributed by atoms with Gasteiger partial charge in [0, 0.05) is 10.7 Å². The first kappa shape index (κ1) is 11.2. The summed E-state index contributed by atoms with van der Waals surface area (Å²) in [6, 6.07) is 12.1. The van der Waals surface area contributed by atoms with Gasteiger partial charge in [-0.1, -0.05) is 12.1 Å². The first-order valence-electron chi connectivity index (χ1n) is 4.96. The molecule has 0 spiro atoms. The molecule has 84 valence electrons. The quantitative estimate of drug-likeness (QED) is 0.689. The number of thiazole rings is 1. The van der Waals surface area contributed by atoms with Gasteiger partial charge in [-0.25, -0.2) is 9.97 Å². The third-order valence-electron chi connectivity index (χ3n) is 2.17. The Bertz CT molecular complexity index is 616. The molecule has 0 amide bonds. The number of para-hydroxylation sites is 1. The van der Waals surface area contributed by atoms with Gasteiger partial charge >= 0.3 is 0 Å². The Morgan fingerprint density at radius 3 is 2.76 bits per heavy atom. The zero-order chi connectivity index (χ0) is 11.7. The van der Waals surface area contributed by atoms with Crippen molar-refractivity contribution in [1.82, 2.24) is 9.97 Å². The van der Waals surface area contributed by atoms with Gasteiger partial charge in [-0.05, 0) is 52.0 Å². The van der Waals surface area contributed by atoms with E-state index in [-0.39, 0.29) is 0 Å². The maximum atomic E-state index is 4.56. The summed E-state index contributed by atoms with van der Waals surface area (Å²) in [5.74, 6) is 0. The van der Waals surface area contributed by atoms with Crippen molar-refractivity contribution in [1.29, 1.82) is 0 Å². The molecule has 0 saturated carbocycles. The second kappa shape index (κ2) is 4.76. The number of hydrogen-bond acceptors (Lipinski definition) is 4. The molecule has 2 aromatic heterocycles. The lowest BCUT2D eigenvalue weighted by molar-refractivity contribution is 1.12. The molecule has 0 unspecified atom stereocenters. The van der Waals surface area contributed by atoms with Gasteiger partial charge in [0.1, 0.15) is 5.03 Å². The molecular formula is C12H7BrN2S2. The standard InChI is InChI=1S/C12H7BrN2S2/c13-8-5-6-11(14-7-8)17-12-15-9-3-1-2-4-10(9)16-12/h1-7H. The van der Waals surface area contributed by atoms with E-state index in [1.165, 1.54) is 4.70 Å². The molecule has 0 fully saturated rings. The predicted octanol–water partition coefficient (Wildman–Crippen LogP) is 4.61. The Hall–Kier alpha value is -0.910. The highest BCUT2D eigenvalue weighted by molar-refractivity contribution is 9.10. The highest BCUT2D eigenvalue weighted by atomic mass is 79.9. The molecule has 0 bridgehead atoms. The van der Waals surface area contributed by atoms with Crippen molar-refractivity contribution in [2.45, 2.75) is 9.37 Å². The van der Waals surface area contributed by atoms with Crippen molar-refractivity contribution in [3.8, 4) is 0 Å². The molecule has 5 heteroatoms. The van der Waals surface area contributed by atoms with Crippen molar-refractivity contribution in [2.24, 2.45) is 0 Å². The van der Waals surface area contributed by atoms with E-state index in [1.807, 2.05) is 30.3 Å². The summed E-state index contributed by atoms with van der Waals surface area (Å²) in [5.41, 5.74) is 1.05. The zero-order valence-electron chi connectivity index (χ0n) is 8.63. The summed E-state index contributed by atoms with van der Waals surface area (Å²) in [7, 11) is 0. The van der Waals surface area contributed by atoms with Gasteiger partial charge < -0.3 is 0 Å². The van der Waals surface area contributed by atoms with Crippen LogP contribution in [0.5, 0.6) is 0 Å². The number of nitrogens with zero attached hydrogens (tertiary/aromatic N) is 2. The van der Waals surface area contributed by atoms with Crippen LogP contribution in [0, 0.1) is 0 Å². The molecule has 17 heavy (non-hydrogen) atoms. The molecule has 0 radical (unpaired) electrons. The van der Waals surface area contributed by atoms with Crippen LogP contribution in [0.4, 0.5) is 0 Å². The van der Waals surface area contributed by atoms with Crippen molar-refractivity contribution in [3.05, 3.63) is 47.1 Å². The van der Waals surface area contributed by atoms with Gasteiger partial charge in [0.25, 0.3) is 0 Å². The minimum Gasteiger partial charge on any atom is -0.248 e. The van der Waals surface area contributed by atoms with E-state index in [1.54, 1.807) is 29.3 Å². The molecule has 1 aromatic carbocycles. The van der Waals surface area contributed by atoms with Crippen molar-refractivity contribution in [3.63, 3.8) is 0 Å². The summed E-state index contributed by atoms with van der Waals surface area (Å²) in [6.07, 6.45) is 1.80. The second-order valence-electron chi connectivity index (χ2n) is 3.36. The average molecular weight is 323 g/mol. The highest BCUT2D eigenvalue weighted by Gasteiger charge is 2.05. The molecule has 0 saturated heterocycles. The van der Waals surface area contributed by atoms with E-state index in [4.69, 9.17) is 0 Å². The number of hydrogen-bond donors (Lipinski definition) is 0. The molecule has 0 aliphatic heterocycles. The van der Waals surface area contributed by atoms with Gasteiger partial charge in [0.2, 0.25) is 0 Å². The second-order valence-corrected chi connectivity index (χ2v) is 6.58. The zero-order valence-corrected chi connectivity index (χ0v) is 11.8. The predicted molar refractivity (Wildman–Crippen MR) is 75.7 cm³/mol. The van der Waals surface area contributed by atoms with Crippen molar-refractivity contribution < 1.29 is 0 Å². The largest absolute Gasteiger partial charge is 0.248 e. The molecule has 3 rings (SSSR count). The highest BCUT2D eigenvalue weighted by Crippen LogP contribution is 2.33. The maximum Gasteiger partial charge on any atom is 0.157 e. The maximum absolute atomic E-state index is 4.56. The fraction of sp³-hybridized carbons (Fsp3) is 0. The van der Waals surface area contributed by atoms with E-state index < -0.39 is 0 Å². The Morgan fingerprint density at radius 2 is 2.00 bits per heavy atom. The lowest BCUT2D eigenvalue weighted by Crippen LogP contribution is -1.77. The molecule has 3 aromatic rings. The van der Waals surface area contributed by atoms with Gasteiger partial charge in [-0.2, -0.15) is 0 Å². The summed E-state index contributed by atoms with van der Waals surface area (Å²) < 4.78 is 3.24. The Balaban J connectivity index is 1.92. The van der Waals surface area contributed by atoms with Gasteiger partial charge in [-0.3, -0.25) is 0 Å². The Morgan fingerprint density at radius 1 is 1.12 bits per heavy atom. The van der Waals surface area contributed by atoms with Crippen LogP contribution in [0.1, 0.15) is 0 Å². The third-order valence-corrected chi connectivity index (χ3v) is 4.68. The lowest BCUT2D eigenvalue weighted by atomic mass is 10.3. The summed E-state index contributed by atoms with van der Waals surface area (Å²) in [4.78, 5) is 8.89. The number of halogens is 1. The Kier molecular flexibility index (Phi) is 3.13. The van der Waals surface area contributed by atoms with E-state index in [2.05, 4.69) is 32.0 Å². The van der Waals surface area contributed by atoms with Gasteiger partial charge in [-0.15, -0.1) is 11.3 Å². The van der Waals surface area contributed by atoms with Crippen LogP contribution in [0.15, 0.2) is 56.4 Å². The van der Waals surface area contributed by atoms with Crippen LogP contribution in [-0.2, 0) is 0 Å². The molecule has 0 atom stereocenters. The van der Waals surface area contributed by atoms with Crippen molar-refractivity contribution in [2.75, 3.05) is 0 Å². The molecule has 0 aliphatic carbocycles. The van der Waals surface area contributed by atoms with E-state index >= 15 is 0 Å². The first-order valence-corrected chi connectivity index (χ1v) is 7.39. The molecular weight excluding hydrogens is 316 g/mol. The van der Waals surface area contributed by atoms with Gasteiger partial charge in [0.05, 0.1) is 10.2 Å². The third kappa shape index (κ3) is 2.51. The number of benzene rings is 1. The number of fused-ring (bicyclic) bond motifs is 1. The molecule has 2 heterocycles. The number of pyridine rings is 1. The number of rotatable bonds is 2. The van der Waals surface area contributed by atoms with Crippen LogP contribution >= 0.6 is 39.0 Å². The summed E-state index contributed by atoms with van der Waals surface area (Å²) >= 11 is 6.67. The topological polar surface area (TPSA) is 25.8 Å². The monoisotopic (exact) mass is 322 g/mol. The van der Waals surface area contributed by atoms with Crippen LogP contribution in [0.25, 0.3) is 10.2 Å². The van der Waals surface area contributed by atoms with Crippen molar-refractivity contribution >= 4 is 49.2 Å². The minimum absolute atomic E-state index is 0.965. The fourth-order valence-electron chi connectivity index (χ4n) is 1.41. The van der Waals surface area contributed by atoms with Crippen LogP contribution < -0.4 is 0 Å². The van der Waals surface area contributed by atoms with Crippen LogP contribution in [0.2, 0.25) is 0 Å². The molecule has 0 N–H and O–H groups in total. The number of aromatic nitrogens is 2. The smallest absolute Gasteiger partial charge is 0.157 e. The van der Waals surface area contributed by atoms with E-state index in [9.17, 15) is 0 Å². The van der Waals surface area contributed by atoms with Crippen LogP contribution in [0.3, 0.4) is 0 Å². The summed E-state index contributed by atoms with van der Waals surface area (Å²) in [6.45, 7) is 0. The average Bonchev–Trinajstić information content (AvgIpc) is 2.74. The fourth-order valence-corrected chi connectivity index (χ4v) is 3.59. The lowest BCUT2D eigenvalue weighted by Gasteiger charge is -1.95. The molecule has 2 nitrogen and oxygen atoms in total. The van der Waals surface area contributed by atoms with Gasteiger partial charge in [0.15, 0.2) is 4.34 Å². The van der Waals surface area contributed by atoms with E-state index in [0.717, 1.165) is 19.4 Å².